The summed E-state index contributed by atoms with van der Waals surface area (Å²) in [4.78, 5) is 87.9. The first-order valence-electron chi connectivity index (χ1n) is 27.0. The summed E-state index contributed by atoms with van der Waals surface area (Å²) in [5, 5.41) is 24.1. The number of esters is 4. The van der Waals surface area contributed by atoms with Gasteiger partial charge in [0.15, 0.2) is 24.3 Å². The Hall–Kier alpha value is -4.45. The topological polar surface area (TPSA) is 249 Å². The molecule has 2 N–H and O–H groups in total. The number of β-amino-alcohol motifs (C(OH)–C–C–N with tert-alkyl or cyclic N) is 1. The standard InChI is InChI=1S/C55H88N4O17/c1-14-43(63)72-42-28-45(65)71-40(21-18-20-37-27-39(31-56-30-37)53(67)59(16-3)17-4)22-19-24-58(12)32-41(62)33(5)26-38(23-25-60)50(51(42)68-13)75-54-48(66)47(57(10)11)49(34(6)70-54)74-46-29-55(9,76-36(8)61)52(35(7)69-46)73-44(64)15-2/h18,20,25,27,30-31,33-35,38,40-42,46-52,54,62,66H,14-17,19,21-24,26,28-29,32H2,1-13H3/b20-18+/t33-,34?,35?,38+,40+,41+,42-,46+,47?,48?,49-,50+,51+,52+,54+,55?/m1/s1. The summed E-state index contributed by atoms with van der Waals surface area (Å²) < 4.78 is 56.1. The highest BCUT2D eigenvalue weighted by atomic mass is 16.7. The monoisotopic (exact) mass is 1080 g/mol. The second-order valence-electron chi connectivity index (χ2n) is 20.9. The molecule has 21 nitrogen and oxygen atoms in total. The van der Waals surface area contributed by atoms with Crippen molar-refractivity contribution in [1.29, 1.82) is 0 Å². The van der Waals surface area contributed by atoms with E-state index in [1.807, 2.05) is 44.9 Å². The van der Waals surface area contributed by atoms with E-state index in [0.29, 0.717) is 50.0 Å². The molecule has 0 aromatic carbocycles. The number of aldehydes is 1. The van der Waals surface area contributed by atoms with Crippen LogP contribution < -0.4 is 0 Å². The Morgan fingerprint density at radius 2 is 1.62 bits per heavy atom. The number of aromatic nitrogens is 1. The number of pyridine rings is 1. The van der Waals surface area contributed by atoms with E-state index in [0.717, 1.165) is 6.29 Å². The zero-order chi connectivity index (χ0) is 56.4. The lowest BCUT2D eigenvalue weighted by molar-refractivity contribution is -0.344. The van der Waals surface area contributed by atoms with Gasteiger partial charge in [-0.05, 0) is 105 Å². The van der Waals surface area contributed by atoms with Crippen molar-refractivity contribution in [2.45, 2.75) is 205 Å². The second-order valence-corrected chi connectivity index (χ2v) is 20.9. The fourth-order valence-electron chi connectivity index (χ4n) is 10.6. The first kappa shape index (κ1) is 64.1. The van der Waals surface area contributed by atoms with E-state index in [2.05, 4.69) is 4.98 Å². The van der Waals surface area contributed by atoms with Gasteiger partial charge in [0.25, 0.3) is 5.91 Å². The molecule has 5 unspecified atom stereocenters. The smallest absolute Gasteiger partial charge is 0.309 e. The molecule has 0 spiro atoms. The average Bonchev–Trinajstić information content (AvgIpc) is 3.35. The van der Waals surface area contributed by atoms with Crippen molar-refractivity contribution in [2.75, 3.05) is 54.4 Å². The highest BCUT2D eigenvalue weighted by Crippen LogP contribution is 2.39. The summed E-state index contributed by atoms with van der Waals surface area (Å²) in [6.07, 6.45) is -4.09. The summed E-state index contributed by atoms with van der Waals surface area (Å²) in [5.74, 6) is -3.71. The van der Waals surface area contributed by atoms with Crippen molar-refractivity contribution in [3.63, 3.8) is 0 Å². The number of hydrogen-bond acceptors (Lipinski definition) is 20. The SMILES string of the molecule is CCC(=O)O[C@@H]1CC(=O)O[C@@H](C/C=C/c2cncc(C(=O)N(CC)CC)c2)CCCN(C)C[C@H](O)[C@H](C)C[C@H](CC=O)[C@H](O[C@@H]2OC(C)[C@@H](O[C@H]3CC(C)(OC(C)=O)[C@@H](OC(=O)CC)C(C)O3)C(N(C)C)C2O)[C@H]1OC. The molecule has 3 fully saturated rings. The highest BCUT2D eigenvalue weighted by molar-refractivity contribution is 5.94. The number of carbonyl (C=O) groups excluding carboxylic acids is 6. The molecule has 1 aromatic heterocycles. The number of nitrogens with zero attached hydrogens (tertiary/aromatic N) is 4. The molecule has 430 valence electrons. The van der Waals surface area contributed by atoms with Gasteiger partial charge in [-0.3, -0.25) is 29.0 Å². The maximum Gasteiger partial charge on any atom is 0.309 e. The minimum absolute atomic E-state index is 0.0344. The number of rotatable bonds is 19. The minimum Gasteiger partial charge on any atom is -0.462 e. The van der Waals surface area contributed by atoms with Gasteiger partial charge in [0.1, 0.15) is 36.8 Å². The van der Waals surface area contributed by atoms with Gasteiger partial charge in [-0.25, -0.2) is 0 Å². The fourth-order valence-corrected chi connectivity index (χ4v) is 10.6. The molecule has 4 rings (SSSR count). The number of carbonyl (C=O) groups is 6. The van der Waals surface area contributed by atoms with E-state index in [9.17, 15) is 39.0 Å². The van der Waals surface area contributed by atoms with Crippen molar-refractivity contribution in [3.8, 4) is 0 Å². The first-order chi connectivity index (χ1) is 36.0. The molecule has 0 aliphatic carbocycles. The third-order valence-electron chi connectivity index (χ3n) is 14.6. The van der Waals surface area contributed by atoms with Gasteiger partial charge >= 0.3 is 23.9 Å². The van der Waals surface area contributed by atoms with Crippen molar-refractivity contribution in [2.24, 2.45) is 11.8 Å². The molecule has 76 heavy (non-hydrogen) atoms. The number of ether oxygens (including phenoxy) is 9. The van der Waals surface area contributed by atoms with E-state index in [1.54, 1.807) is 70.8 Å². The average molecular weight is 1080 g/mol. The van der Waals surface area contributed by atoms with Gasteiger partial charge in [-0.1, -0.05) is 32.9 Å². The molecule has 3 aliphatic rings. The van der Waals surface area contributed by atoms with Crippen molar-refractivity contribution in [3.05, 3.63) is 35.7 Å². The zero-order valence-electron chi connectivity index (χ0n) is 47.1. The molecular formula is C55H88N4O17. The van der Waals surface area contributed by atoms with Crippen LogP contribution in [0.25, 0.3) is 6.08 Å². The Kier molecular flexibility index (Phi) is 25.8. The van der Waals surface area contributed by atoms with Crippen molar-refractivity contribution < 1.29 is 81.6 Å². The van der Waals surface area contributed by atoms with Gasteiger partial charge in [0, 0.05) is 78.2 Å². The largest absolute Gasteiger partial charge is 0.462 e. The predicted molar refractivity (Wildman–Crippen MR) is 278 cm³/mol. The van der Waals surface area contributed by atoms with Crippen LogP contribution >= 0.6 is 0 Å². The maximum atomic E-state index is 14.2. The van der Waals surface area contributed by atoms with Crippen LogP contribution in [0.4, 0.5) is 0 Å². The molecule has 0 radical (unpaired) electrons. The van der Waals surface area contributed by atoms with Crippen LogP contribution in [0.3, 0.4) is 0 Å². The number of likely N-dealkylation sites (N-methyl/N-ethyl adjacent to an activating group) is 2. The summed E-state index contributed by atoms with van der Waals surface area (Å²) in [5.41, 5.74) is -0.201. The van der Waals surface area contributed by atoms with Crippen LogP contribution in [0.15, 0.2) is 24.5 Å². The third-order valence-corrected chi connectivity index (χ3v) is 14.6. The molecule has 3 saturated heterocycles. The fraction of sp³-hybridized carbons (Fsp3) is 0.764. The van der Waals surface area contributed by atoms with Crippen LogP contribution in [0.5, 0.6) is 0 Å². The Morgan fingerprint density at radius 3 is 2.24 bits per heavy atom. The van der Waals surface area contributed by atoms with Gasteiger partial charge < -0.3 is 72.3 Å². The van der Waals surface area contributed by atoms with Crippen molar-refractivity contribution in [1.82, 2.24) is 19.7 Å². The normalized spacial score (nSPS) is 33.5. The Labute approximate surface area is 449 Å². The predicted octanol–water partition coefficient (Wildman–Crippen LogP) is 4.51. The summed E-state index contributed by atoms with van der Waals surface area (Å²) in [7, 11) is 6.74. The molecule has 4 heterocycles. The number of aliphatic hydroxyl groups excluding tert-OH is 2. The highest BCUT2D eigenvalue weighted by Gasteiger charge is 2.54. The maximum absolute atomic E-state index is 14.2. The Bertz CT molecular complexity index is 2060. The number of aliphatic hydroxyl groups is 2. The van der Waals surface area contributed by atoms with Crippen LogP contribution in [0.2, 0.25) is 0 Å². The lowest BCUT2D eigenvalue weighted by Gasteiger charge is -2.50. The van der Waals surface area contributed by atoms with E-state index < -0.39 is 127 Å². The number of amides is 1. The molecule has 16 atom stereocenters. The van der Waals surface area contributed by atoms with Crippen molar-refractivity contribution >= 4 is 42.1 Å². The van der Waals surface area contributed by atoms with Gasteiger partial charge in [0.05, 0.1) is 42.4 Å². The number of methoxy groups -OCH3 is 1. The third kappa shape index (κ3) is 18.1. The molecule has 1 aromatic rings. The van der Waals surface area contributed by atoms with Crippen LogP contribution in [-0.2, 0) is 66.6 Å². The van der Waals surface area contributed by atoms with Gasteiger partial charge in [-0.15, -0.1) is 0 Å². The lowest BCUT2D eigenvalue weighted by atomic mass is 9.82. The Morgan fingerprint density at radius 1 is 0.934 bits per heavy atom. The van der Waals surface area contributed by atoms with Crippen LogP contribution in [0.1, 0.15) is 136 Å². The number of cyclic esters (lactones) is 1. The van der Waals surface area contributed by atoms with E-state index in [1.165, 1.54) is 20.2 Å². The summed E-state index contributed by atoms with van der Waals surface area (Å²) >= 11 is 0. The van der Waals surface area contributed by atoms with E-state index in [4.69, 9.17) is 42.6 Å². The molecule has 0 bridgehead atoms. The quantitative estimate of drug-likeness (QED) is 0.110. The second kappa shape index (κ2) is 30.6. The van der Waals surface area contributed by atoms with Gasteiger partial charge in [-0.2, -0.15) is 0 Å². The van der Waals surface area contributed by atoms with Crippen LogP contribution in [-0.4, -0.2) is 206 Å². The minimum atomic E-state index is -1.46. The lowest BCUT2D eigenvalue weighted by Crippen LogP contribution is -2.66. The van der Waals surface area contributed by atoms with E-state index in [-0.39, 0.29) is 44.6 Å². The van der Waals surface area contributed by atoms with E-state index >= 15 is 0 Å². The molecule has 3 aliphatic heterocycles. The molecule has 1 amide bonds. The number of hydrogen-bond donors (Lipinski definition) is 2. The Balaban J connectivity index is 1.70. The molecule has 21 heteroatoms. The summed E-state index contributed by atoms with van der Waals surface area (Å²) in [6.45, 7) is 17.2. The first-order valence-corrected chi connectivity index (χ1v) is 27.0. The molecular weight excluding hydrogens is 989 g/mol. The van der Waals surface area contributed by atoms with Crippen LogP contribution in [0, 0.1) is 11.8 Å². The van der Waals surface area contributed by atoms with Gasteiger partial charge in [0.2, 0.25) is 0 Å². The zero-order valence-corrected chi connectivity index (χ0v) is 47.1. The summed E-state index contributed by atoms with van der Waals surface area (Å²) in [6, 6.07) is 0.914. The molecule has 0 saturated carbocycles.